The van der Waals surface area contributed by atoms with Crippen LogP contribution in [0.4, 0.5) is 4.39 Å². The lowest BCUT2D eigenvalue weighted by molar-refractivity contribution is 0.0959. The van der Waals surface area contributed by atoms with Gasteiger partial charge in [-0.2, -0.15) is 5.10 Å². The lowest BCUT2D eigenvalue weighted by Gasteiger charge is -1.99. The highest BCUT2D eigenvalue weighted by molar-refractivity contribution is 7.17. The van der Waals surface area contributed by atoms with Crippen LogP contribution in [0.25, 0.3) is 10.4 Å². The zero-order valence-electron chi connectivity index (χ0n) is 12.7. The molecule has 2 aromatic heterocycles. The molecule has 120 valence electrons. The molecule has 6 heteroatoms. The maximum Gasteiger partial charge on any atom is 0.281 e. The zero-order chi connectivity index (χ0) is 16.5. The molecule has 0 spiro atoms. The number of fused-ring (bicyclic) bond motifs is 1. The van der Waals surface area contributed by atoms with Crippen molar-refractivity contribution in [2.75, 3.05) is 0 Å². The van der Waals surface area contributed by atoms with Crippen LogP contribution in [0.3, 0.4) is 0 Å². The second-order valence-corrected chi connectivity index (χ2v) is 6.59. The van der Waals surface area contributed by atoms with Gasteiger partial charge in [0.25, 0.3) is 5.91 Å². The maximum absolute atomic E-state index is 13.0. The number of halogens is 1. The Hall–Kier alpha value is -2.73. The second-order valence-electron chi connectivity index (χ2n) is 5.51. The standard InChI is InChI=1S/C18H14FN3OS/c19-13-5-3-12(4-6-13)16-7-8-17(24-16)18(23)21-20-14-9-11-22-10-1-2-15(14)22/h1-8,10H,9,11H2,(H,21,23)/b20-14-. The Bertz CT molecular complexity index is 924. The van der Waals surface area contributed by atoms with Gasteiger partial charge < -0.3 is 4.57 Å². The van der Waals surface area contributed by atoms with E-state index in [9.17, 15) is 9.18 Å². The first-order valence-electron chi connectivity index (χ1n) is 7.59. The Kier molecular flexibility index (Phi) is 3.74. The van der Waals surface area contributed by atoms with Crippen LogP contribution in [0.5, 0.6) is 0 Å². The van der Waals surface area contributed by atoms with Crippen molar-refractivity contribution in [2.24, 2.45) is 5.10 Å². The summed E-state index contributed by atoms with van der Waals surface area (Å²) in [5.41, 5.74) is 5.46. The Morgan fingerprint density at radius 3 is 2.83 bits per heavy atom. The molecule has 1 aliphatic rings. The van der Waals surface area contributed by atoms with Gasteiger partial charge in [-0.15, -0.1) is 11.3 Å². The predicted octanol–water partition coefficient (Wildman–Crippen LogP) is 3.89. The second kappa shape index (κ2) is 6.05. The number of carbonyl (C=O) groups is 1. The number of carbonyl (C=O) groups excluding carboxylic acids is 1. The highest BCUT2D eigenvalue weighted by atomic mass is 32.1. The molecule has 3 aromatic rings. The fraction of sp³-hybridized carbons (Fsp3) is 0.111. The van der Waals surface area contributed by atoms with E-state index in [2.05, 4.69) is 15.1 Å². The average Bonchev–Trinajstić information content (AvgIpc) is 3.30. The summed E-state index contributed by atoms with van der Waals surface area (Å²) in [7, 11) is 0. The molecule has 24 heavy (non-hydrogen) atoms. The largest absolute Gasteiger partial charge is 0.346 e. The van der Waals surface area contributed by atoms with E-state index in [1.807, 2.05) is 24.4 Å². The van der Waals surface area contributed by atoms with Crippen LogP contribution in [0, 0.1) is 5.82 Å². The molecule has 0 radical (unpaired) electrons. The summed E-state index contributed by atoms with van der Waals surface area (Å²) < 4.78 is 15.1. The van der Waals surface area contributed by atoms with Gasteiger partial charge >= 0.3 is 0 Å². The van der Waals surface area contributed by atoms with Crippen LogP contribution in [0.1, 0.15) is 21.8 Å². The van der Waals surface area contributed by atoms with Gasteiger partial charge in [0.1, 0.15) is 5.82 Å². The Morgan fingerprint density at radius 2 is 2.00 bits per heavy atom. The van der Waals surface area contributed by atoms with Gasteiger partial charge in [-0.1, -0.05) is 12.1 Å². The smallest absolute Gasteiger partial charge is 0.281 e. The molecule has 1 aromatic carbocycles. The van der Waals surface area contributed by atoms with Crippen molar-refractivity contribution >= 4 is 23.0 Å². The van der Waals surface area contributed by atoms with E-state index in [0.29, 0.717) is 4.88 Å². The lowest BCUT2D eigenvalue weighted by Crippen LogP contribution is -2.18. The van der Waals surface area contributed by atoms with Crippen LogP contribution in [0.15, 0.2) is 59.8 Å². The topological polar surface area (TPSA) is 46.4 Å². The number of rotatable bonds is 3. The van der Waals surface area contributed by atoms with Crippen molar-refractivity contribution in [3.8, 4) is 10.4 Å². The van der Waals surface area contributed by atoms with Crippen LogP contribution >= 0.6 is 11.3 Å². The molecule has 3 heterocycles. The van der Waals surface area contributed by atoms with Gasteiger partial charge in [-0.25, -0.2) is 9.82 Å². The summed E-state index contributed by atoms with van der Waals surface area (Å²) in [4.78, 5) is 13.8. The number of hydrazone groups is 1. The van der Waals surface area contributed by atoms with E-state index in [1.54, 1.807) is 18.2 Å². The van der Waals surface area contributed by atoms with Gasteiger partial charge in [0.15, 0.2) is 0 Å². The minimum atomic E-state index is -0.273. The first kappa shape index (κ1) is 14.8. The summed E-state index contributed by atoms with van der Waals surface area (Å²) in [5, 5.41) is 4.26. The third-order valence-corrected chi connectivity index (χ3v) is 5.10. The number of nitrogens with one attached hydrogen (secondary N) is 1. The SMILES string of the molecule is O=C(N/N=C1/CCn2cccc21)c1ccc(-c2ccc(F)cc2)s1. The number of hydrogen-bond donors (Lipinski definition) is 1. The van der Waals surface area contributed by atoms with Crippen molar-refractivity contribution < 1.29 is 9.18 Å². The Balaban J connectivity index is 1.49. The molecular weight excluding hydrogens is 325 g/mol. The molecule has 4 rings (SSSR count). The summed E-state index contributed by atoms with van der Waals surface area (Å²) in [5.74, 6) is -0.503. The zero-order valence-corrected chi connectivity index (χ0v) is 13.5. The molecule has 1 aliphatic heterocycles. The van der Waals surface area contributed by atoms with Crippen LogP contribution < -0.4 is 5.43 Å². The van der Waals surface area contributed by atoms with Crippen LogP contribution in [-0.4, -0.2) is 16.2 Å². The first-order chi connectivity index (χ1) is 11.7. The van der Waals surface area contributed by atoms with E-state index in [4.69, 9.17) is 0 Å². The van der Waals surface area contributed by atoms with E-state index >= 15 is 0 Å². The Morgan fingerprint density at radius 1 is 1.17 bits per heavy atom. The number of nitrogens with zero attached hydrogens (tertiary/aromatic N) is 2. The van der Waals surface area contributed by atoms with Crippen molar-refractivity contribution in [1.82, 2.24) is 9.99 Å². The number of aryl methyl sites for hydroxylation is 1. The van der Waals surface area contributed by atoms with Crippen molar-refractivity contribution in [1.29, 1.82) is 0 Å². The first-order valence-corrected chi connectivity index (χ1v) is 8.40. The highest BCUT2D eigenvalue weighted by Crippen LogP contribution is 2.28. The van der Waals surface area contributed by atoms with E-state index in [-0.39, 0.29) is 11.7 Å². The highest BCUT2D eigenvalue weighted by Gasteiger charge is 2.17. The molecule has 0 unspecified atom stereocenters. The van der Waals surface area contributed by atoms with Gasteiger partial charge in [0.2, 0.25) is 0 Å². The van der Waals surface area contributed by atoms with Gasteiger partial charge in [0, 0.05) is 24.0 Å². The maximum atomic E-state index is 13.0. The minimum absolute atomic E-state index is 0.231. The fourth-order valence-electron chi connectivity index (χ4n) is 2.74. The molecule has 1 N–H and O–H groups in total. The van der Waals surface area contributed by atoms with Crippen LogP contribution in [-0.2, 0) is 6.54 Å². The van der Waals surface area contributed by atoms with Crippen molar-refractivity contribution in [2.45, 2.75) is 13.0 Å². The van der Waals surface area contributed by atoms with E-state index < -0.39 is 0 Å². The molecule has 0 atom stereocenters. The monoisotopic (exact) mass is 339 g/mol. The summed E-state index contributed by atoms with van der Waals surface area (Å²) >= 11 is 1.36. The number of amides is 1. The molecule has 0 saturated carbocycles. The lowest BCUT2D eigenvalue weighted by atomic mass is 10.2. The minimum Gasteiger partial charge on any atom is -0.346 e. The van der Waals surface area contributed by atoms with E-state index in [1.165, 1.54) is 23.5 Å². The predicted molar refractivity (Wildman–Crippen MR) is 92.8 cm³/mol. The molecule has 0 fully saturated rings. The van der Waals surface area contributed by atoms with Gasteiger partial charge in [-0.05, 0) is 42.0 Å². The van der Waals surface area contributed by atoms with Crippen LogP contribution in [0.2, 0.25) is 0 Å². The molecule has 0 bridgehead atoms. The number of aromatic nitrogens is 1. The average molecular weight is 339 g/mol. The fourth-order valence-corrected chi connectivity index (χ4v) is 3.64. The number of benzene rings is 1. The third-order valence-electron chi connectivity index (χ3n) is 3.97. The molecule has 1 amide bonds. The normalized spacial score (nSPS) is 14.8. The summed E-state index contributed by atoms with van der Waals surface area (Å²) in [6.45, 7) is 0.894. The van der Waals surface area contributed by atoms with Gasteiger partial charge in [-0.3, -0.25) is 4.79 Å². The summed E-state index contributed by atoms with van der Waals surface area (Å²) in [6, 6.07) is 13.8. The van der Waals surface area contributed by atoms with E-state index in [0.717, 1.165) is 34.8 Å². The Labute approximate surface area is 142 Å². The third kappa shape index (κ3) is 2.76. The van der Waals surface area contributed by atoms with Crippen molar-refractivity contribution in [3.05, 3.63) is 71.1 Å². The van der Waals surface area contributed by atoms with Crippen molar-refractivity contribution in [3.63, 3.8) is 0 Å². The molecule has 0 aliphatic carbocycles. The number of hydrogen-bond acceptors (Lipinski definition) is 3. The quantitative estimate of drug-likeness (QED) is 0.723. The summed E-state index contributed by atoms with van der Waals surface area (Å²) in [6.07, 6.45) is 2.83. The molecule has 0 saturated heterocycles. The van der Waals surface area contributed by atoms with Gasteiger partial charge in [0.05, 0.1) is 16.3 Å². The molecular formula is C18H14FN3OS. The molecule has 4 nitrogen and oxygen atoms in total. The number of thiophene rings is 1.